The van der Waals surface area contributed by atoms with E-state index >= 15 is 0 Å². The van der Waals surface area contributed by atoms with Crippen molar-refractivity contribution in [2.45, 2.75) is 30.4 Å². The molecule has 0 aliphatic rings. The fourth-order valence-corrected chi connectivity index (χ4v) is 2.36. The van der Waals surface area contributed by atoms with Gasteiger partial charge in [0.2, 0.25) is 0 Å². The van der Waals surface area contributed by atoms with Crippen molar-refractivity contribution in [3.8, 4) is 0 Å². The maximum atomic E-state index is 5.36. The molecular weight excluding hydrogens is 192 g/mol. The van der Waals surface area contributed by atoms with E-state index in [0.29, 0.717) is 0 Å². The second-order valence-corrected chi connectivity index (χ2v) is 6.23. The summed E-state index contributed by atoms with van der Waals surface area (Å²) in [5.41, 5.74) is 0.972. The lowest BCUT2D eigenvalue weighted by Gasteiger charge is -2.17. The van der Waals surface area contributed by atoms with Crippen LogP contribution < -0.4 is 0 Å². The lowest BCUT2D eigenvalue weighted by Crippen LogP contribution is -2.06. The molecule has 1 aromatic heterocycles. The Labute approximate surface area is 88.5 Å². The van der Waals surface area contributed by atoms with Crippen molar-refractivity contribution >= 4 is 22.7 Å². The largest absolute Gasteiger partial charge is 0.464 e. The summed E-state index contributed by atoms with van der Waals surface area (Å²) in [6.07, 6.45) is 1.73. The van der Waals surface area contributed by atoms with E-state index in [1.165, 1.54) is 10.3 Å². The highest BCUT2D eigenvalue weighted by Crippen LogP contribution is 2.33. The monoisotopic (exact) mass is 206 g/mol. The molecule has 0 atom stereocenters. The molecule has 0 N–H and O–H groups in total. The van der Waals surface area contributed by atoms with Crippen LogP contribution in [0.25, 0.3) is 11.0 Å². The minimum absolute atomic E-state index is 0.250. The first kappa shape index (κ1) is 9.66. The van der Waals surface area contributed by atoms with Crippen molar-refractivity contribution in [1.82, 2.24) is 0 Å². The zero-order valence-corrected chi connectivity index (χ0v) is 9.52. The van der Waals surface area contributed by atoms with Gasteiger partial charge in [-0.1, -0.05) is 26.8 Å². The van der Waals surface area contributed by atoms with Crippen molar-refractivity contribution < 1.29 is 4.42 Å². The Morgan fingerprint density at radius 1 is 1.14 bits per heavy atom. The van der Waals surface area contributed by atoms with Gasteiger partial charge in [-0.3, -0.25) is 0 Å². The van der Waals surface area contributed by atoms with E-state index in [1.807, 2.05) is 17.8 Å². The van der Waals surface area contributed by atoms with E-state index in [4.69, 9.17) is 4.42 Å². The predicted octanol–water partition coefficient (Wildman–Crippen LogP) is 4.32. The highest BCUT2D eigenvalue weighted by atomic mass is 32.2. The van der Waals surface area contributed by atoms with Crippen LogP contribution in [0, 0.1) is 0 Å². The van der Waals surface area contributed by atoms with Crippen molar-refractivity contribution in [3.63, 3.8) is 0 Å². The molecule has 14 heavy (non-hydrogen) atoms. The van der Waals surface area contributed by atoms with Crippen LogP contribution in [0.15, 0.2) is 39.8 Å². The summed E-state index contributed by atoms with van der Waals surface area (Å²) in [5.74, 6) is 0. The number of hydrogen-bond donors (Lipinski definition) is 0. The van der Waals surface area contributed by atoms with Gasteiger partial charge >= 0.3 is 0 Å². The second kappa shape index (κ2) is 3.35. The Balaban J connectivity index is 2.35. The van der Waals surface area contributed by atoms with Gasteiger partial charge in [0.15, 0.2) is 0 Å². The molecule has 0 radical (unpaired) electrons. The van der Waals surface area contributed by atoms with Crippen LogP contribution in [0.3, 0.4) is 0 Å². The van der Waals surface area contributed by atoms with Crippen LogP contribution in [-0.2, 0) is 0 Å². The van der Waals surface area contributed by atoms with Crippen molar-refractivity contribution in [2.24, 2.45) is 0 Å². The van der Waals surface area contributed by atoms with Gasteiger partial charge < -0.3 is 4.42 Å². The number of fused-ring (bicyclic) bond motifs is 1. The summed E-state index contributed by atoms with van der Waals surface area (Å²) < 4.78 is 5.61. The normalized spacial score (nSPS) is 12.2. The first-order valence-electron chi connectivity index (χ1n) is 4.71. The fourth-order valence-electron chi connectivity index (χ4n) is 1.35. The molecule has 2 heteroatoms. The van der Waals surface area contributed by atoms with Gasteiger partial charge in [0.1, 0.15) is 5.58 Å². The molecule has 0 spiro atoms. The van der Waals surface area contributed by atoms with E-state index in [-0.39, 0.29) is 4.75 Å². The molecule has 0 saturated carbocycles. The molecule has 0 unspecified atom stereocenters. The van der Waals surface area contributed by atoms with Crippen LogP contribution in [0.4, 0.5) is 0 Å². The standard InChI is InChI=1S/C12H14OS/c1-12(2,3)14-10-5-4-9-6-7-13-11(9)8-10/h4-8H,1-3H3. The van der Waals surface area contributed by atoms with Gasteiger partial charge in [0.05, 0.1) is 6.26 Å². The Bertz CT molecular complexity index is 437. The molecule has 0 aliphatic heterocycles. The minimum atomic E-state index is 0.250. The van der Waals surface area contributed by atoms with Gasteiger partial charge in [-0.05, 0) is 18.2 Å². The van der Waals surface area contributed by atoms with E-state index < -0.39 is 0 Å². The average Bonchev–Trinajstić information content (AvgIpc) is 2.47. The van der Waals surface area contributed by atoms with Gasteiger partial charge in [-0.15, -0.1) is 11.8 Å². The first-order valence-corrected chi connectivity index (χ1v) is 5.52. The van der Waals surface area contributed by atoms with Crippen molar-refractivity contribution in [2.75, 3.05) is 0 Å². The summed E-state index contributed by atoms with van der Waals surface area (Å²) in [5, 5.41) is 1.17. The molecular formula is C12H14OS. The molecule has 74 valence electrons. The zero-order valence-electron chi connectivity index (χ0n) is 8.70. The molecule has 0 aliphatic carbocycles. The van der Waals surface area contributed by atoms with E-state index in [0.717, 1.165) is 5.58 Å². The number of hydrogen-bond acceptors (Lipinski definition) is 2. The fraction of sp³-hybridized carbons (Fsp3) is 0.333. The Morgan fingerprint density at radius 3 is 2.64 bits per heavy atom. The third-order valence-electron chi connectivity index (χ3n) is 1.85. The van der Waals surface area contributed by atoms with Crippen LogP contribution in [-0.4, -0.2) is 4.75 Å². The molecule has 1 nitrogen and oxygen atoms in total. The van der Waals surface area contributed by atoms with Crippen molar-refractivity contribution in [1.29, 1.82) is 0 Å². The van der Waals surface area contributed by atoms with Crippen LogP contribution in [0.2, 0.25) is 0 Å². The average molecular weight is 206 g/mol. The molecule has 1 aromatic carbocycles. The van der Waals surface area contributed by atoms with E-state index in [2.05, 4.69) is 39.0 Å². The molecule has 0 fully saturated rings. The van der Waals surface area contributed by atoms with Gasteiger partial charge in [-0.25, -0.2) is 0 Å². The summed E-state index contributed by atoms with van der Waals surface area (Å²) >= 11 is 1.86. The molecule has 0 saturated heterocycles. The minimum Gasteiger partial charge on any atom is -0.464 e. The second-order valence-electron chi connectivity index (χ2n) is 4.33. The van der Waals surface area contributed by atoms with E-state index in [9.17, 15) is 0 Å². The summed E-state index contributed by atoms with van der Waals surface area (Å²) in [4.78, 5) is 1.26. The lowest BCUT2D eigenvalue weighted by atomic mass is 10.2. The van der Waals surface area contributed by atoms with Crippen LogP contribution >= 0.6 is 11.8 Å². The lowest BCUT2D eigenvalue weighted by molar-refractivity contribution is 0.615. The molecule has 0 amide bonds. The van der Waals surface area contributed by atoms with E-state index in [1.54, 1.807) is 6.26 Å². The zero-order chi connectivity index (χ0) is 10.2. The first-order chi connectivity index (χ1) is 6.54. The predicted molar refractivity (Wildman–Crippen MR) is 61.8 cm³/mol. The quantitative estimate of drug-likeness (QED) is 0.644. The number of thioether (sulfide) groups is 1. The SMILES string of the molecule is CC(C)(C)Sc1ccc2ccoc2c1. The number of rotatable bonds is 1. The molecule has 0 bridgehead atoms. The van der Waals surface area contributed by atoms with Gasteiger partial charge in [0, 0.05) is 15.0 Å². The Kier molecular flexibility index (Phi) is 2.31. The van der Waals surface area contributed by atoms with Crippen molar-refractivity contribution in [3.05, 3.63) is 30.5 Å². The maximum Gasteiger partial charge on any atom is 0.134 e. The topological polar surface area (TPSA) is 13.1 Å². The smallest absolute Gasteiger partial charge is 0.134 e. The molecule has 1 heterocycles. The maximum absolute atomic E-state index is 5.36. The Morgan fingerprint density at radius 2 is 1.93 bits per heavy atom. The highest BCUT2D eigenvalue weighted by Gasteiger charge is 2.12. The van der Waals surface area contributed by atoms with Crippen LogP contribution in [0.1, 0.15) is 20.8 Å². The third kappa shape index (κ3) is 2.13. The van der Waals surface area contributed by atoms with Gasteiger partial charge in [0.25, 0.3) is 0 Å². The molecule has 2 aromatic rings. The Hall–Kier alpha value is -0.890. The third-order valence-corrected chi connectivity index (χ3v) is 2.95. The summed E-state index contributed by atoms with van der Waals surface area (Å²) in [7, 11) is 0. The molecule has 2 rings (SSSR count). The number of benzene rings is 1. The highest BCUT2D eigenvalue weighted by molar-refractivity contribution is 8.00. The van der Waals surface area contributed by atoms with Crippen LogP contribution in [0.5, 0.6) is 0 Å². The summed E-state index contributed by atoms with van der Waals surface area (Å²) in [6.45, 7) is 6.64. The summed E-state index contributed by atoms with van der Waals surface area (Å²) in [6, 6.07) is 8.34. The number of furan rings is 1. The van der Waals surface area contributed by atoms with Gasteiger partial charge in [-0.2, -0.15) is 0 Å².